The van der Waals surface area contributed by atoms with Gasteiger partial charge >= 0.3 is 6.18 Å². The minimum atomic E-state index is -4.27. The Morgan fingerprint density at radius 2 is 2.00 bits per heavy atom. The van der Waals surface area contributed by atoms with E-state index in [0.717, 1.165) is 12.2 Å². The van der Waals surface area contributed by atoms with Crippen LogP contribution in [-0.4, -0.2) is 6.18 Å². The third-order valence-electron chi connectivity index (χ3n) is 1.38. The average molecular weight is 172 g/mol. The summed E-state index contributed by atoms with van der Waals surface area (Å²) < 4.78 is 36.4. The van der Waals surface area contributed by atoms with Crippen molar-refractivity contribution in [1.82, 2.24) is 0 Å². The molecule has 0 saturated carbocycles. The van der Waals surface area contributed by atoms with Crippen LogP contribution in [-0.2, 0) is 0 Å². The number of allylic oxidation sites excluding steroid dienone is 5. The van der Waals surface area contributed by atoms with Crippen LogP contribution in [0.15, 0.2) is 41.2 Å². The molecule has 0 radical (unpaired) electrons. The first-order chi connectivity index (χ1) is 5.50. The summed E-state index contributed by atoms with van der Waals surface area (Å²) in [7, 11) is 0. The third kappa shape index (κ3) is 2.14. The van der Waals surface area contributed by atoms with Gasteiger partial charge in [-0.1, -0.05) is 6.08 Å². The highest BCUT2D eigenvalue weighted by Crippen LogP contribution is 2.28. The number of rotatable bonds is 0. The number of halogens is 3. The van der Waals surface area contributed by atoms with E-state index in [0.29, 0.717) is 5.57 Å². The monoisotopic (exact) mass is 172 g/mol. The maximum Gasteiger partial charge on any atom is 0.416 e. The zero-order valence-corrected chi connectivity index (χ0v) is 6.44. The van der Waals surface area contributed by atoms with Crippen molar-refractivity contribution in [2.75, 3.05) is 0 Å². The van der Waals surface area contributed by atoms with E-state index in [1.165, 1.54) is 12.2 Å². The van der Waals surface area contributed by atoms with Crippen molar-refractivity contribution in [2.45, 2.75) is 13.1 Å². The lowest BCUT2D eigenvalue weighted by molar-refractivity contribution is -0.0882. The Bertz CT molecular complexity index is 296. The lowest BCUT2D eigenvalue weighted by atomic mass is 10.2. The molecule has 1 aliphatic rings. The smallest absolute Gasteiger partial charge is 0.166 e. The van der Waals surface area contributed by atoms with Crippen LogP contribution in [0.3, 0.4) is 0 Å². The molecule has 0 bridgehead atoms. The molecule has 0 heterocycles. The highest BCUT2D eigenvalue weighted by molar-refractivity contribution is 5.36. The Morgan fingerprint density at radius 1 is 1.33 bits per heavy atom. The molecular formula is C9H7F3. The second kappa shape index (κ2) is 3.03. The summed E-state index contributed by atoms with van der Waals surface area (Å²) in [6.45, 7) is 1.58. The van der Waals surface area contributed by atoms with E-state index < -0.39 is 11.7 Å². The number of alkyl halides is 3. The van der Waals surface area contributed by atoms with E-state index in [1.54, 1.807) is 6.92 Å². The molecule has 12 heavy (non-hydrogen) atoms. The van der Waals surface area contributed by atoms with Crippen LogP contribution in [0.1, 0.15) is 6.92 Å². The molecule has 0 saturated heterocycles. The Balaban J connectivity index is 3.04. The molecule has 0 aliphatic heterocycles. The van der Waals surface area contributed by atoms with Crippen LogP contribution >= 0.6 is 0 Å². The molecule has 0 aromatic heterocycles. The maximum absolute atomic E-state index is 12.1. The van der Waals surface area contributed by atoms with Crippen LogP contribution in [0.5, 0.6) is 0 Å². The highest BCUT2D eigenvalue weighted by Gasteiger charge is 2.31. The summed E-state index contributed by atoms with van der Waals surface area (Å²) in [6, 6.07) is 0. The zero-order chi connectivity index (χ0) is 9.19. The predicted molar refractivity (Wildman–Crippen MR) is 40.5 cm³/mol. The fourth-order valence-corrected chi connectivity index (χ4v) is 0.831. The minimum Gasteiger partial charge on any atom is -0.166 e. The first-order valence-electron chi connectivity index (χ1n) is 3.39. The molecule has 0 nitrogen and oxygen atoms in total. The van der Waals surface area contributed by atoms with Crippen molar-refractivity contribution in [2.24, 2.45) is 0 Å². The molecular weight excluding hydrogens is 165 g/mol. The standard InChI is InChI=1S/C9H7F3/c1-7-4-2-3-5-8(6-7)9(10,11)12/h2-3,5-6H,1H3. The van der Waals surface area contributed by atoms with Crippen LogP contribution in [0.2, 0.25) is 0 Å². The molecule has 0 spiro atoms. The van der Waals surface area contributed by atoms with Gasteiger partial charge in [0.25, 0.3) is 0 Å². The second-order valence-corrected chi connectivity index (χ2v) is 2.45. The van der Waals surface area contributed by atoms with E-state index >= 15 is 0 Å². The van der Waals surface area contributed by atoms with Gasteiger partial charge in [0.1, 0.15) is 0 Å². The van der Waals surface area contributed by atoms with Crippen LogP contribution in [0, 0.1) is 0 Å². The summed E-state index contributed by atoms with van der Waals surface area (Å²) >= 11 is 0. The molecule has 1 rings (SSSR count). The first-order valence-corrected chi connectivity index (χ1v) is 3.39. The Labute approximate surface area is 68.4 Å². The van der Waals surface area contributed by atoms with E-state index in [2.05, 4.69) is 5.73 Å². The van der Waals surface area contributed by atoms with Gasteiger partial charge in [-0.05, 0) is 30.7 Å². The van der Waals surface area contributed by atoms with Crippen LogP contribution in [0.4, 0.5) is 13.2 Å². The summed E-state index contributed by atoms with van der Waals surface area (Å²) in [5, 5.41) is 0. The fourth-order valence-electron chi connectivity index (χ4n) is 0.831. The maximum atomic E-state index is 12.1. The van der Waals surface area contributed by atoms with Crippen LogP contribution < -0.4 is 0 Å². The van der Waals surface area contributed by atoms with Crippen molar-refractivity contribution < 1.29 is 13.2 Å². The molecule has 0 aromatic carbocycles. The largest absolute Gasteiger partial charge is 0.416 e. The normalized spacial score (nSPS) is 17.0. The van der Waals surface area contributed by atoms with Gasteiger partial charge in [0.15, 0.2) is 0 Å². The van der Waals surface area contributed by atoms with Crippen molar-refractivity contribution in [3.05, 3.63) is 41.2 Å². The van der Waals surface area contributed by atoms with Gasteiger partial charge in [0.2, 0.25) is 0 Å². The van der Waals surface area contributed by atoms with Gasteiger partial charge in [0, 0.05) is 0 Å². The predicted octanol–water partition coefficient (Wildman–Crippen LogP) is 3.15. The van der Waals surface area contributed by atoms with E-state index in [-0.39, 0.29) is 0 Å². The summed E-state index contributed by atoms with van der Waals surface area (Å²) in [4.78, 5) is 0. The SMILES string of the molecule is CC1=C=CC=CC(C(F)(F)F)=C1. The molecule has 0 N–H and O–H groups in total. The van der Waals surface area contributed by atoms with Crippen molar-refractivity contribution in [3.8, 4) is 0 Å². The highest BCUT2D eigenvalue weighted by atomic mass is 19.4. The Morgan fingerprint density at radius 3 is 2.58 bits per heavy atom. The molecule has 0 amide bonds. The van der Waals surface area contributed by atoms with Crippen molar-refractivity contribution in [1.29, 1.82) is 0 Å². The van der Waals surface area contributed by atoms with Gasteiger partial charge < -0.3 is 0 Å². The lowest BCUT2D eigenvalue weighted by Gasteiger charge is -2.05. The first kappa shape index (κ1) is 8.88. The van der Waals surface area contributed by atoms with Gasteiger partial charge in [0.05, 0.1) is 5.57 Å². The molecule has 3 heteroatoms. The third-order valence-corrected chi connectivity index (χ3v) is 1.38. The summed E-state index contributed by atoms with van der Waals surface area (Å²) in [5.74, 6) is 0. The van der Waals surface area contributed by atoms with Crippen molar-refractivity contribution >= 4 is 0 Å². The molecule has 1 aliphatic carbocycles. The van der Waals surface area contributed by atoms with E-state index in [4.69, 9.17) is 0 Å². The fraction of sp³-hybridized carbons (Fsp3) is 0.222. The summed E-state index contributed by atoms with van der Waals surface area (Å²) in [5.41, 5.74) is 2.52. The topological polar surface area (TPSA) is 0 Å². The Kier molecular flexibility index (Phi) is 2.25. The number of hydrogen-bond donors (Lipinski definition) is 0. The number of hydrogen-bond acceptors (Lipinski definition) is 0. The molecule has 0 aromatic rings. The van der Waals surface area contributed by atoms with E-state index in [9.17, 15) is 13.2 Å². The molecule has 0 unspecified atom stereocenters. The second-order valence-electron chi connectivity index (χ2n) is 2.45. The minimum absolute atomic E-state index is 0.479. The summed E-state index contributed by atoms with van der Waals surface area (Å²) in [6.07, 6.45) is 0.627. The quantitative estimate of drug-likeness (QED) is 0.492. The molecule has 0 atom stereocenters. The Hall–Kier alpha value is -1.21. The van der Waals surface area contributed by atoms with Crippen LogP contribution in [0.25, 0.3) is 0 Å². The zero-order valence-electron chi connectivity index (χ0n) is 6.44. The molecule has 0 fully saturated rings. The van der Waals surface area contributed by atoms with Gasteiger partial charge in [-0.25, -0.2) is 0 Å². The van der Waals surface area contributed by atoms with E-state index in [1.807, 2.05) is 0 Å². The van der Waals surface area contributed by atoms with Gasteiger partial charge in [-0.15, -0.1) is 5.73 Å². The van der Waals surface area contributed by atoms with Gasteiger partial charge in [-0.2, -0.15) is 13.2 Å². The van der Waals surface area contributed by atoms with Gasteiger partial charge in [-0.3, -0.25) is 0 Å². The average Bonchev–Trinajstić information content (AvgIpc) is 2.11. The molecule has 64 valence electrons. The van der Waals surface area contributed by atoms with Crippen molar-refractivity contribution in [3.63, 3.8) is 0 Å². The lowest BCUT2D eigenvalue weighted by Crippen LogP contribution is -2.09.